The van der Waals surface area contributed by atoms with Crippen LogP contribution in [0.4, 0.5) is 0 Å². The van der Waals surface area contributed by atoms with E-state index in [9.17, 15) is 4.79 Å². The fourth-order valence-electron chi connectivity index (χ4n) is 1.90. The van der Waals surface area contributed by atoms with Gasteiger partial charge < -0.3 is 4.98 Å². The molecule has 1 aliphatic rings. The molecule has 0 atom stereocenters. The fraction of sp³-hybridized carbons (Fsp3) is 0.308. The molecule has 0 bridgehead atoms. The molecule has 1 saturated carbocycles. The number of nitrogens with one attached hydrogen (secondary N) is 1. The summed E-state index contributed by atoms with van der Waals surface area (Å²) in [4.78, 5) is 23.0. The third-order valence-corrected chi connectivity index (χ3v) is 3.04. The van der Waals surface area contributed by atoms with Gasteiger partial charge in [-0.15, -0.1) is 0 Å². The number of H-pyrrole nitrogens is 1. The molecular weight excluding hydrogens is 214 g/mol. The number of aryl methyl sites for hydroxylation is 1. The minimum Gasteiger partial charge on any atom is -0.310 e. The van der Waals surface area contributed by atoms with Gasteiger partial charge in [-0.25, -0.2) is 4.98 Å². The molecule has 86 valence electrons. The molecule has 2 aromatic heterocycles. The monoisotopic (exact) mass is 227 g/mol. The van der Waals surface area contributed by atoms with Gasteiger partial charge in [0.25, 0.3) is 5.56 Å². The highest BCUT2D eigenvalue weighted by atomic mass is 16.1. The summed E-state index contributed by atoms with van der Waals surface area (Å²) in [6.07, 6.45) is 5.75. The summed E-state index contributed by atoms with van der Waals surface area (Å²) in [5.74, 6) is 1.26. The normalized spacial score (nSPS) is 14.9. The number of aromatic nitrogens is 3. The smallest absolute Gasteiger partial charge is 0.251 e. The van der Waals surface area contributed by atoms with Crippen LogP contribution >= 0.6 is 0 Å². The van der Waals surface area contributed by atoms with Gasteiger partial charge >= 0.3 is 0 Å². The summed E-state index contributed by atoms with van der Waals surface area (Å²) < 4.78 is 0. The highest BCUT2D eigenvalue weighted by Crippen LogP contribution is 2.38. The van der Waals surface area contributed by atoms with Crippen molar-refractivity contribution in [3.8, 4) is 11.3 Å². The molecule has 0 saturated heterocycles. The lowest BCUT2D eigenvalue weighted by Crippen LogP contribution is -2.10. The van der Waals surface area contributed by atoms with E-state index in [0.29, 0.717) is 5.92 Å². The Morgan fingerprint density at radius 1 is 1.41 bits per heavy atom. The second-order valence-electron chi connectivity index (χ2n) is 4.48. The Morgan fingerprint density at radius 3 is 2.94 bits per heavy atom. The Balaban J connectivity index is 2.14. The van der Waals surface area contributed by atoms with Crippen molar-refractivity contribution in [2.24, 2.45) is 0 Å². The lowest BCUT2D eigenvalue weighted by Gasteiger charge is -2.05. The van der Waals surface area contributed by atoms with E-state index < -0.39 is 0 Å². The van der Waals surface area contributed by atoms with Gasteiger partial charge in [0.2, 0.25) is 0 Å². The van der Waals surface area contributed by atoms with Crippen LogP contribution in [0.1, 0.15) is 30.1 Å². The van der Waals surface area contributed by atoms with Crippen molar-refractivity contribution in [1.29, 1.82) is 0 Å². The van der Waals surface area contributed by atoms with Crippen LogP contribution in [0, 0.1) is 6.92 Å². The van der Waals surface area contributed by atoms with Crippen molar-refractivity contribution >= 4 is 0 Å². The molecule has 3 rings (SSSR count). The number of nitrogens with zero attached hydrogens (tertiary/aromatic N) is 2. The summed E-state index contributed by atoms with van der Waals surface area (Å²) in [5, 5.41) is 0. The Morgan fingerprint density at radius 2 is 2.24 bits per heavy atom. The molecular formula is C13H13N3O. The van der Waals surface area contributed by atoms with Crippen molar-refractivity contribution in [3.63, 3.8) is 0 Å². The lowest BCUT2D eigenvalue weighted by atomic mass is 10.1. The second-order valence-corrected chi connectivity index (χ2v) is 4.48. The summed E-state index contributed by atoms with van der Waals surface area (Å²) >= 11 is 0. The van der Waals surface area contributed by atoms with Crippen molar-refractivity contribution in [2.45, 2.75) is 25.7 Å². The maximum Gasteiger partial charge on any atom is 0.251 e. The van der Waals surface area contributed by atoms with Crippen LogP contribution in [0.5, 0.6) is 0 Å². The third kappa shape index (κ3) is 1.98. The summed E-state index contributed by atoms with van der Waals surface area (Å²) in [7, 11) is 0. The maximum absolute atomic E-state index is 11.6. The van der Waals surface area contributed by atoms with Crippen LogP contribution in [0.25, 0.3) is 11.3 Å². The van der Waals surface area contributed by atoms with E-state index in [1.54, 1.807) is 12.4 Å². The summed E-state index contributed by atoms with van der Waals surface area (Å²) in [6.45, 7) is 2.00. The molecule has 0 amide bonds. The fourth-order valence-corrected chi connectivity index (χ4v) is 1.90. The van der Waals surface area contributed by atoms with Crippen LogP contribution in [-0.2, 0) is 0 Å². The molecule has 0 unspecified atom stereocenters. The van der Waals surface area contributed by atoms with Crippen molar-refractivity contribution < 1.29 is 0 Å². The first kappa shape index (κ1) is 10.2. The highest BCUT2D eigenvalue weighted by molar-refractivity contribution is 5.61. The minimum absolute atomic E-state index is 0.0832. The van der Waals surface area contributed by atoms with Crippen LogP contribution in [0.15, 0.2) is 29.3 Å². The molecule has 17 heavy (non-hydrogen) atoms. The third-order valence-electron chi connectivity index (χ3n) is 3.04. The quantitative estimate of drug-likeness (QED) is 0.853. The van der Waals surface area contributed by atoms with E-state index >= 15 is 0 Å². The zero-order valence-corrected chi connectivity index (χ0v) is 9.60. The molecule has 2 heterocycles. The summed E-state index contributed by atoms with van der Waals surface area (Å²) in [5.41, 5.74) is 2.65. The van der Waals surface area contributed by atoms with Crippen molar-refractivity contribution in [3.05, 3.63) is 46.3 Å². The van der Waals surface area contributed by atoms with Gasteiger partial charge in [-0.05, 0) is 31.4 Å². The first-order chi connectivity index (χ1) is 8.24. The number of pyridine rings is 1. The first-order valence-corrected chi connectivity index (χ1v) is 5.76. The molecule has 0 aromatic carbocycles. The second kappa shape index (κ2) is 3.80. The number of rotatable bonds is 2. The largest absolute Gasteiger partial charge is 0.310 e. The average Bonchev–Trinajstić information content (AvgIpc) is 3.12. The van der Waals surface area contributed by atoms with E-state index in [0.717, 1.165) is 35.5 Å². The van der Waals surface area contributed by atoms with Gasteiger partial charge in [0, 0.05) is 29.9 Å². The number of aromatic amines is 1. The SMILES string of the molecule is Cc1ccncc1-c1cc(=O)[nH]c(C2CC2)n1. The zero-order valence-electron chi connectivity index (χ0n) is 9.60. The van der Waals surface area contributed by atoms with E-state index in [1.807, 2.05) is 13.0 Å². The maximum atomic E-state index is 11.6. The first-order valence-electron chi connectivity index (χ1n) is 5.76. The van der Waals surface area contributed by atoms with Crippen LogP contribution < -0.4 is 5.56 Å². The van der Waals surface area contributed by atoms with Gasteiger partial charge in [0.05, 0.1) is 5.69 Å². The topological polar surface area (TPSA) is 58.6 Å². The van der Waals surface area contributed by atoms with Gasteiger partial charge in [0.15, 0.2) is 0 Å². The van der Waals surface area contributed by atoms with Crippen molar-refractivity contribution in [1.82, 2.24) is 15.0 Å². The van der Waals surface area contributed by atoms with Crippen LogP contribution in [0.3, 0.4) is 0 Å². The van der Waals surface area contributed by atoms with Gasteiger partial charge in [-0.1, -0.05) is 0 Å². The molecule has 4 heteroatoms. The Labute approximate surface area is 98.8 Å². The summed E-state index contributed by atoms with van der Waals surface area (Å²) in [6, 6.07) is 3.46. The zero-order chi connectivity index (χ0) is 11.8. The van der Waals surface area contributed by atoms with Crippen LogP contribution in [0.2, 0.25) is 0 Å². The predicted molar refractivity (Wildman–Crippen MR) is 64.8 cm³/mol. The van der Waals surface area contributed by atoms with Gasteiger partial charge in [-0.3, -0.25) is 9.78 Å². The highest BCUT2D eigenvalue weighted by Gasteiger charge is 2.26. The van der Waals surface area contributed by atoms with E-state index in [-0.39, 0.29) is 5.56 Å². The lowest BCUT2D eigenvalue weighted by molar-refractivity contribution is 0.911. The molecule has 0 spiro atoms. The molecule has 1 N–H and O–H groups in total. The number of hydrogen-bond acceptors (Lipinski definition) is 3. The van der Waals surface area contributed by atoms with Gasteiger partial charge in [-0.2, -0.15) is 0 Å². The Kier molecular flexibility index (Phi) is 2.28. The average molecular weight is 227 g/mol. The van der Waals surface area contributed by atoms with Crippen LogP contribution in [-0.4, -0.2) is 15.0 Å². The Bertz CT molecular complexity index is 614. The molecule has 0 radical (unpaired) electrons. The molecule has 0 aliphatic heterocycles. The van der Waals surface area contributed by atoms with Gasteiger partial charge in [0.1, 0.15) is 5.82 Å². The Hall–Kier alpha value is -1.97. The molecule has 1 aliphatic carbocycles. The minimum atomic E-state index is -0.0832. The standard InChI is InChI=1S/C13H13N3O/c1-8-4-5-14-7-10(8)11-6-12(17)16-13(15-11)9-2-3-9/h4-7,9H,2-3H2,1H3,(H,15,16,17). The molecule has 4 nitrogen and oxygen atoms in total. The van der Waals surface area contributed by atoms with Crippen molar-refractivity contribution in [2.75, 3.05) is 0 Å². The predicted octanol–water partition coefficient (Wildman–Crippen LogP) is 2.02. The van der Waals surface area contributed by atoms with E-state index in [1.165, 1.54) is 6.07 Å². The molecule has 1 fully saturated rings. The molecule has 2 aromatic rings. The van der Waals surface area contributed by atoms with E-state index in [4.69, 9.17) is 0 Å². The van der Waals surface area contributed by atoms with E-state index in [2.05, 4.69) is 15.0 Å². The number of hydrogen-bond donors (Lipinski definition) is 1.